The van der Waals surface area contributed by atoms with Crippen molar-refractivity contribution in [1.29, 1.82) is 0 Å². The summed E-state index contributed by atoms with van der Waals surface area (Å²) in [5, 5.41) is 6.79. The fourth-order valence-corrected chi connectivity index (χ4v) is 3.62. The molecule has 0 unspecified atom stereocenters. The molecule has 148 valence electrons. The maximum Gasteiger partial charge on any atom is 0.325 e. The first kappa shape index (κ1) is 17.9. The van der Waals surface area contributed by atoms with Crippen LogP contribution in [0, 0.1) is 0 Å². The zero-order chi connectivity index (χ0) is 20.6. The van der Waals surface area contributed by atoms with E-state index in [2.05, 4.69) is 15.5 Å². The van der Waals surface area contributed by atoms with Crippen LogP contribution in [0.5, 0.6) is 0 Å². The van der Waals surface area contributed by atoms with Gasteiger partial charge in [-0.05, 0) is 17.2 Å². The van der Waals surface area contributed by atoms with Gasteiger partial charge in [-0.2, -0.15) is 4.98 Å². The second-order valence-electron chi connectivity index (χ2n) is 6.83. The molecule has 0 aliphatic carbocycles. The number of amides is 3. The Morgan fingerprint density at radius 1 is 0.933 bits per heavy atom. The minimum Gasteiger partial charge on any atom is -0.472 e. The maximum absolute atomic E-state index is 13.6. The lowest BCUT2D eigenvalue weighted by Crippen LogP contribution is -2.45. The summed E-state index contributed by atoms with van der Waals surface area (Å²) in [6, 6.07) is 19.5. The quantitative estimate of drug-likeness (QED) is 0.516. The number of benzene rings is 2. The number of furan rings is 1. The number of nitrogens with zero attached hydrogens (tertiary/aromatic N) is 3. The van der Waals surface area contributed by atoms with E-state index in [1.807, 2.05) is 60.7 Å². The SMILES string of the molecule is O=C1NC(c2ccccc2)(c2ccccc2)C(=O)N1Cc1noc(-c2ccoc2)n1. The predicted molar refractivity (Wildman–Crippen MR) is 105 cm³/mol. The molecule has 30 heavy (non-hydrogen) atoms. The van der Waals surface area contributed by atoms with E-state index in [-0.39, 0.29) is 18.3 Å². The summed E-state index contributed by atoms with van der Waals surface area (Å²) < 4.78 is 10.2. The van der Waals surface area contributed by atoms with Gasteiger partial charge in [-0.25, -0.2) is 4.79 Å². The molecule has 3 heterocycles. The lowest BCUT2D eigenvalue weighted by atomic mass is 9.82. The van der Waals surface area contributed by atoms with Crippen molar-refractivity contribution in [3.63, 3.8) is 0 Å². The number of rotatable bonds is 5. The van der Waals surface area contributed by atoms with Gasteiger partial charge >= 0.3 is 6.03 Å². The number of imide groups is 1. The van der Waals surface area contributed by atoms with Crippen molar-refractivity contribution in [2.75, 3.05) is 0 Å². The number of aromatic nitrogens is 2. The summed E-state index contributed by atoms with van der Waals surface area (Å²) in [6.07, 6.45) is 2.96. The topological polar surface area (TPSA) is 101 Å². The van der Waals surface area contributed by atoms with E-state index in [0.717, 1.165) is 4.90 Å². The molecule has 8 nitrogen and oxygen atoms in total. The van der Waals surface area contributed by atoms with Gasteiger partial charge in [-0.3, -0.25) is 9.69 Å². The number of nitrogens with one attached hydrogen (secondary N) is 1. The lowest BCUT2D eigenvalue weighted by molar-refractivity contribution is -0.130. The molecule has 0 bridgehead atoms. The smallest absolute Gasteiger partial charge is 0.325 e. The van der Waals surface area contributed by atoms with E-state index in [0.29, 0.717) is 16.7 Å². The monoisotopic (exact) mass is 400 g/mol. The van der Waals surface area contributed by atoms with E-state index in [1.54, 1.807) is 6.07 Å². The third kappa shape index (κ3) is 2.77. The molecule has 1 saturated heterocycles. The van der Waals surface area contributed by atoms with Crippen molar-refractivity contribution in [3.8, 4) is 11.5 Å². The summed E-state index contributed by atoms with van der Waals surface area (Å²) in [7, 11) is 0. The molecule has 0 atom stereocenters. The van der Waals surface area contributed by atoms with Crippen molar-refractivity contribution >= 4 is 11.9 Å². The predicted octanol–water partition coefficient (Wildman–Crippen LogP) is 3.33. The number of hydrogen-bond acceptors (Lipinski definition) is 6. The Hall–Kier alpha value is -4.20. The summed E-state index contributed by atoms with van der Waals surface area (Å²) in [5.41, 5.74) is 0.638. The fourth-order valence-electron chi connectivity index (χ4n) is 3.62. The zero-order valence-electron chi connectivity index (χ0n) is 15.7. The molecule has 2 aromatic carbocycles. The van der Waals surface area contributed by atoms with Crippen molar-refractivity contribution in [3.05, 3.63) is 96.2 Å². The van der Waals surface area contributed by atoms with Crippen LogP contribution in [0.1, 0.15) is 17.0 Å². The van der Waals surface area contributed by atoms with Crippen LogP contribution in [0.15, 0.2) is 88.2 Å². The maximum atomic E-state index is 13.6. The molecule has 5 rings (SSSR count). The average molecular weight is 400 g/mol. The van der Waals surface area contributed by atoms with E-state index < -0.39 is 17.5 Å². The molecule has 1 aliphatic rings. The molecule has 0 radical (unpaired) electrons. The minimum absolute atomic E-state index is 0.118. The van der Waals surface area contributed by atoms with Crippen LogP contribution in [0.2, 0.25) is 0 Å². The lowest BCUT2D eigenvalue weighted by Gasteiger charge is -2.27. The highest BCUT2D eigenvalue weighted by atomic mass is 16.5. The summed E-state index contributed by atoms with van der Waals surface area (Å²) in [4.78, 5) is 31.9. The van der Waals surface area contributed by atoms with Crippen LogP contribution < -0.4 is 5.32 Å². The summed E-state index contributed by atoms with van der Waals surface area (Å²) >= 11 is 0. The largest absolute Gasteiger partial charge is 0.472 e. The molecule has 4 aromatic rings. The van der Waals surface area contributed by atoms with E-state index in [9.17, 15) is 9.59 Å². The van der Waals surface area contributed by atoms with Gasteiger partial charge in [0, 0.05) is 0 Å². The summed E-state index contributed by atoms with van der Waals surface area (Å²) in [5.74, 6) is 0.0642. The van der Waals surface area contributed by atoms with Gasteiger partial charge in [-0.1, -0.05) is 65.8 Å². The van der Waals surface area contributed by atoms with Gasteiger partial charge in [0.25, 0.3) is 11.8 Å². The highest BCUT2D eigenvalue weighted by Gasteiger charge is 2.53. The standard InChI is InChI=1S/C22H16N4O4/c27-20-22(16-7-3-1-4-8-16,17-9-5-2-6-10-17)24-21(28)26(20)13-18-23-19(30-25-18)15-11-12-29-14-15/h1-12,14H,13H2,(H,24,28). The Bertz CT molecular complexity index is 1150. The van der Waals surface area contributed by atoms with Crippen molar-refractivity contribution < 1.29 is 18.5 Å². The van der Waals surface area contributed by atoms with Gasteiger partial charge in [0.15, 0.2) is 11.4 Å². The highest BCUT2D eigenvalue weighted by molar-refractivity contribution is 6.09. The first-order valence-corrected chi connectivity index (χ1v) is 9.29. The first-order chi connectivity index (χ1) is 14.7. The normalized spacial score (nSPS) is 15.4. The highest BCUT2D eigenvalue weighted by Crippen LogP contribution is 2.36. The molecule has 1 N–H and O–H groups in total. The van der Waals surface area contributed by atoms with E-state index in [4.69, 9.17) is 8.94 Å². The molecule has 0 saturated carbocycles. The van der Waals surface area contributed by atoms with Gasteiger partial charge in [0.05, 0.1) is 18.4 Å². The third-order valence-corrected chi connectivity index (χ3v) is 5.05. The number of urea groups is 1. The molecule has 1 aliphatic heterocycles. The molecule has 0 spiro atoms. The molecule has 3 amide bonds. The summed E-state index contributed by atoms with van der Waals surface area (Å²) in [6.45, 7) is -0.118. The van der Waals surface area contributed by atoms with Gasteiger partial charge in [0.1, 0.15) is 6.26 Å². The fraction of sp³-hybridized carbons (Fsp3) is 0.0909. The van der Waals surface area contributed by atoms with Crippen molar-refractivity contribution in [2.45, 2.75) is 12.1 Å². The Balaban J connectivity index is 1.51. The van der Waals surface area contributed by atoms with Gasteiger partial charge in [0.2, 0.25) is 0 Å². The number of carbonyl (C=O) groups excluding carboxylic acids is 2. The van der Waals surface area contributed by atoms with Crippen LogP contribution in [-0.4, -0.2) is 27.0 Å². The second-order valence-corrected chi connectivity index (χ2v) is 6.83. The molecular formula is C22H16N4O4. The Morgan fingerprint density at radius 3 is 2.20 bits per heavy atom. The van der Waals surface area contributed by atoms with Gasteiger partial charge in [-0.15, -0.1) is 0 Å². The second kappa shape index (κ2) is 7.00. The van der Waals surface area contributed by atoms with Crippen molar-refractivity contribution in [1.82, 2.24) is 20.4 Å². The van der Waals surface area contributed by atoms with E-state index in [1.165, 1.54) is 12.5 Å². The Kier molecular flexibility index (Phi) is 4.17. The number of carbonyl (C=O) groups is 2. The third-order valence-electron chi connectivity index (χ3n) is 5.05. The van der Waals surface area contributed by atoms with Crippen molar-refractivity contribution in [2.24, 2.45) is 0 Å². The van der Waals surface area contributed by atoms with Crippen LogP contribution in [0.3, 0.4) is 0 Å². The first-order valence-electron chi connectivity index (χ1n) is 9.29. The average Bonchev–Trinajstić information content (AvgIpc) is 3.52. The zero-order valence-corrected chi connectivity index (χ0v) is 15.7. The molecule has 2 aromatic heterocycles. The number of hydrogen-bond donors (Lipinski definition) is 1. The minimum atomic E-state index is -1.32. The molecule has 8 heteroatoms. The molecular weight excluding hydrogens is 384 g/mol. The Morgan fingerprint density at radius 2 is 1.60 bits per heavy atom. The van der Waals surface area contributed by atoms with Crippen LogP contribution in [0.25, 0.3) is 11.5 Å². The van der Waals surface area contributed by atoms with E-state index >= 15 is 0 Å². The van der Waals surface area contributed by atoms with Gasteiger partial charge < -0.3 is 14.3 Å². The van der Waals surface area contributed by atoms with Crippen LogP contribution >= 0.6 is 0 Å². The van der Waals surface area contributed by atoms with Crippen LogP contribution in [0.4, 0.5) is 4.79 Å². The molecule has 1 fully saturated rings. The van der Waals surface area contributed by atoms with Crippen LogP contribution in [-0.2, 0) is 16.9 Å². The Labute approximate surface area is 171 Å².